The van der Waals surface area contributed by atoms with E-state index in [9.17, 15) is 14.7 Å². The van der Waals surface area contributed by atoms with Crippen LogP contribution in [0.5, 0.6) is 0 Å². The summed E-state index contributed by atoms with van der Waals surface area (Å²) in [6, 6.07) is 1.92. The number of aromatic amines is 1. The van der Waals surface area contributed by atoms with Gasteiger partial charge in [-0.1, -0.05) is 0 Å². The van der Waals surface area contributed by atoms with Gasteiger partial charge in [0.2, 0.25) is 5.91 Å². The van der Waals surface area contributed by atoms with Crippen molar-refractivity contribution in [1.29, 1.82) is 0 Å². The summed E-state index contributed by atoms with van der Waals surface area (Å²) >= 11 is 0. The van der Waals surface area contributed by atoms with E-state index < -0.39 is 5.60 Å². The highest BCUT2D eigenvalue weighted by Crippen LogP contribution is 2.22. The second-order valence-electron chi connectivity index (χ2n) is 7.04. The molecule has 0 aliphatic carbocycles. The molecule has 2 amide bonds. The van der Waals surface area contributed by atoms with E-state index in [0.717, 1.165) is 11.3 Å². The Morgan fingerprint density at radius 2 is 1.96 bits per heavy atom. The lowest BCUT2D eigenvalue weighted by Crippen LogP contribution is -2.53. The summed E-state index contributed by atoms with van der Waals surface area (Å²) in [5.74, 6) is -0.135. The van der Waals surface area contributed by atoms with E-state index in [4.69, 9.17) is 0 Å². The standard InChI is InChI=1S/C17H28N4O3/c1-12-9-13(2)19-15(12)16(23)18-11-17(24)5-7-21(8-6-17)14(22)10-20(3)4/h9,19,24H,5-8,10-11H2,1-4H3,(H,18,23). The number of hydrogen-bond donors (Lipinski definition) is 3. The number of aromatic nitrogens is 1. The summed E-state index contributed by atoms with van der Waals surface area (Å²) in [4.78, 5) is 30.9. The van der Waals surface area contributed by atoms with Crippen LogP contribution in [0.15, 0.2) is 6.07 Å². The van der Waals surface area contributed by atoms with E-state index in [2.05, 4.69) is 10.3 Å². The van der Waals surface area contributed by atoms with E-state index >= 15 is 0 Å². The lowest BCUT2D eigenvalue weighted by atomic mass is 9.91. The van der Waals surface area contributed by atoms with Gasteiger partial charge in [0.1, 0.15) is 5.69 Å². The molecule has 0 aromatic carbocycles. The Balaban J connectivity index is 1.84. The Labute approximate surface area is 143 Å². The lowest BCUT2D eigenvalue weighted by Gasteiger charge is -2.38. The highest BCUT2D eigenvalue weighted by atomic mass is 16.3. The highest BCUT2D eigenvalue weighted by Gasteiger charge is 2.34. The van der Waals surface area contributed by atoms with Crippen molar-refractivity contribution in [2.45, 2.75) is 32.3 Å². The maximum absolute atomic E-state index is 12.2. The van der Waals surface area contributed by atoms with Crippen LogP contribution in [-0.4, -0.2) is 77.6 Å². The Morgan fingerprint density at radius 1 is 1.33 bits per heavy atom. The number of carbonyl (C=O) groups is 2. The molecule has 3 N–H and O–H groups in total. The molecule has 2 heterocycles. The minimum absolute atomic E-state index is 0.0728. The maximum atomic E-state index is 12.2. The van der Waals surface area contributed by atoms with E-state index in [1.165, 1.54) is 0 Å². The first kappa shape index (κ1) is 18.5. The summed E-state index contributed by atoms with van der Waals surface area (Å²) in [5, 5.41) is 13.5. The number of aryl methyl sites for hydroxylation is 2. The van der Waals surface area contributed by atoms with Gasteiger partial charge in [-0.3, -0.25) is 9.59 Å². The fourth-order valence-corrected chi connectivity index (χ4v) is 3.02. The number of nitrogens with zero attached hydrogens (tertiary/aromatic N) is 2. The third-order valence-corrected chi connectivity index (χ3v) is 4.45. The summed E-state index contributed by atoms with van der Waals surface area (Å²) < 4.78 is 0. The lowest BCUT2D eigenvalue weighted by molar-refractivity contribution is -0.135. The molecule has 0 spiro atoms. The Kier molecular flexibility index (Phi) is 5.66. The van der Waals surface area contributed by atoms with E-state index in [0.29, 0.717) is 38.2 Å². The van der Waals surface area contributed by atoms with Crippen molar-refractivity contribution < 1.29 is 14.7 Å². The molecule has 2 rings (SSSR count). The summed E-state index contributed by atoms with van der Waals surface area (Å²) in [7, 11) is 3.72. The van der Waals surface area contributed by atoms with Gasteiger partial charge < -0.3 is 25.2 Å². The molecule has 1 aromatic heterocycles. The molecule has 1 aliphatic heterocycles. The molecule has 0 unspecified atom stereocenters. The SMILES string of the molecule is Cc1cc(C)c(C(=O)NCC2(O)CCN(C(=O)CN(C)C)CC2)[nH]1. The van der Waals surface area contributed by atoms with Gasteiger partial charge in [-0.2, -0.15) is 0 Å². The van der Waals surface area contributed by atoms with Crippen molar-refractivity contribution in [3.05, 3.63) is 23.0 Å². The van der Waals surface area contributed by atoms with Gasteiger partial charge in [0.25, 0.3) is 5.91 Å². The summed E-state index contributed by atoms with van der Waals surface area (Å²) in [5.41, 5.74) is 1.40. The number of likely N-dealkylation sites (tertiary alicyclic amines) is 1. The molecule has 7 heteroatoms. The number of nitrogens with one attached hydrogen (secondary N) is 2. The topological polar surface area (TPSA) is 88.7 Å². The molecule has 1 saturated heterocycles. The monoisotopic (exact) mass is 336 g/mol. The molecule has 7 nitrogen and oxygen atoms in total. The smallest absolute Gasteiger partial charge is 0.268 e. The largest absolute Gasteiger partial charge is 0.388 e. The van der Waals surface area contributed by atoms with Crippen LogP contribution in [0, 0.1) is 13.8 Å². The molecule has 1 aliphatic rings. The third-order valence-electron chi connectivity index (χ3n) is 4.45. The Hall–Kier alpha value is -1.86. The molecule has 134 valence electrons. The number of amides is 2. The predicted molar refractivity (Wildman–Crippen MR) is 91.9 cm³/mol. The maximum Gasteiger partial charge on any atom is 0.268 e. The van der Waals surface area contributed by atoms with Crippen LogP contribution in [0.1, 0.15) is 34.6 Å². The fourth-order valence-electron chi connectivity index (χ4n) is 3.02. The number of H-pyrrole nitrogens is 1. The number of hydrogen-bond acceptors (Lipinski definition) is 4. The first-order valence-electron chi connectivity index (χ1n) is 8.29. The minimum atomic E-state index is -0.958. The number of carbonyl (C=O) groups excluding carboxylic acids is 2. The molecular weight excluding hydrogens is 308 g/mol. The molecule has 24 heavy (non-hydrogen) atoms. The van der Waals surface area contributed by atoms with Gasteiger partial charge in [0.15, 0.2) is 0 Å². The zero-order valence-corrected chi connectivity index (χ0v) is 15.0. The van der Waals surface area contributed by atoms with Gasteiger partial charge in [0, 0.05) is 25.3 Å². The fraction of sp³-hybridized carbons (Fsp3) is 0.647. The van der Waals surface area contributed by atoms with E-state index in [1.807, 2.05) is 38.9 Å². The first-order chi connectivity index (χ1) is 11.2. The molecule has 0 radical (unpaired) electrons. The average molecular weight is 336 g/mol. The van der Waals surface area contributed by atoms with Crippen molar-refractivity contribution in [2.75, 3.05) is 40.3 Å². The van der Waals surface area contributed by atoms with Crippen molar-refractivity contribution >= 4 is 11.8 Å². The van der Waals surface area contributed by atoms with Crippen molar-refractivity contribution in [2.24, 2.45) is 0 Å². The number of rotatable bonds is 5. The van der Waals surface area contributed by atoms with Crippen LogP contribution in [0.4, 0.5) is 0 Å². The summed E-state index contributed by atoms with van der Waals surface area (Å²) in [6.07, 6.45) is 0.935. The molecule has 1 fully saturated rings. The number of aliphatic hydroxyl groups is 1. The zero-order valence-electron chi connectivity index (χ0n) is 15.0. The van der Waals surface area contributed by atoms with Gasteiger partial charge >= 0.3 is 0 Å². The van der Waals surface area contributed by atoms with Crippen LogP contribution in [0.3, 0.4) is 0 Å². The quantitative estimate of drug-likeness (QED) is 0.720. The van der Waals surface area contributed by atoms with Crippen LogP contribution >= 0.6 is 0 Å². The van der Waals surface area contributed by atoms with Crippen LogP contribution in [0.2, 0.25) is 0 Å². The number of piperidine rings is 1. The van der Waals surface area contributed by atoms with E-state index in [1.54, 1.807) is 4.90 Å². The molecule has 1 aromatic rings. The van der Waals surface area contributed by atoms with Crippen LogP contribution in [0.25, 0.3) is 0 Å². The first-order valence-corrected chi connectivity index (χ1v) is 8.29. The van der Waals surface area contributed by atoms with Crippen molar-refractivity contribution in [1.82, 2.24) is 20.1 Å². The Bertz CT molecular complexity index is 601. The molecule has 0 saturated carbocycles. The highest BCUT2D eigenvalue weighted by molar-refractivity contribution is 5.94. The van der Waals surface area contributed by atoms with Crippen molar-refractivity contribution in [3.63, 3.8) is 0 Å². The minimum Gasteiger partial charge on any atom is -0.388 e. The molecular formula is C17H28N4O3. The normalized spacial score (nSPS) is 17.2. The molecule has 0 atom stereocenters. The van der Waals surface area contributed by atoms with Gasteiger partial charge in [-0.05, 0) is 52.4 Å². The van der Waals surface area contributed by atoms with Gasteiger partial charge in [-0.15, -0.1) is 0 Å². The van der Waals surface area contributed by atoms with Crippen LogP contribution < -0.4 is 5.32 Å². The Morgan fingerprint density at radius 3 is 2.46 bits per heavy atom. The average Bonchev–Trinajstić information content (AvgIpc) is 2.83. The van der Waals surface area contributed by atoms with Crippen LogP contribution in [-0.2, 0) is 4.79 Å². The number of likely N-dealkylation sites (N-methyl/N-ethyl adjacent to an activating group) is 1. The van der Waals surface area contributed by atoms with Gasteiger partial charge in [-0.25, -0.2) is 0 Å². The zero-order chi connectivity index (χ0) is 17.9. The van der Waals surface area contributed by atoms with Gasteiger partial charge in [0.05, 0.1) is 12.1 Å². The predicted octanol–water partition coefficient (Wildman–Crippen LogP) is 0.276. The summed E-state index contributed by atoms with van der Waals surface area (Å²) in [6.45, 7) is 5.37. The molecule has 0 bridgehead atoms. The van der Waals surface area contributed by atoms with Crippen molar-refractivity contribution in [3.8, 4) is 0 Å². The third kappa shape index (κ3) is 4.58. The second kappa shape index (κ2) is 7.36. The second-order valence-corrected chi connectivity index (χ2v) is 7.04. The van der Waals surface area contributed by atoms with E-state index in [-0.39, 0.29) is 18.4 Å².